The summed E-state index contributed by atoms with van der Waals surface area (Å²) >= 11 is 0. The zero-order valence-corrected chi connectivity index (χ0v) is 10.4. The zero-order valence-electron chi connectivity index (χ0n) is 10.4. The Labute approximate surface area is 106 Å². The van der Waals surface area contributed by atoms with Crippen LogP contribution < -0.4 is 5.73 Å². The summed E-state index contributed by atoms with van der Waals surface area (Å²) in [5.74, 6) is -0.134. The normalized spacial score (nSPS) is 35.9. The first-order valence-electron chi connectivity index (χ1n) is 6.63. The number of rotatable bonds is 2. The Hall–Kier alpha value is -1.14. The van der Waals surface area contributed by atoms with Crippen LogP contribution in [0.5, 0.6) is 0 Å². The number of hydrogen-bond acceptors (Lipinski definition) is 5. The molecule has 3 fully saturated rings. The lowest BCUT2D eigenvalue weighted by atomic mass is 9.98. The molecule has 2 N–H and O–H groups in total. The number of ether oxygens (including phenoxy) is 1. The SMILES string of the molecule is NC1CC2CCC(C1)N2CC(=O)N1CCOC1=O. The number of piperidine rings is 1. The van der Waals surface area contributed by atoms with Crippen molar-refractivity contribution in [2.45, 2.75) is 43.8 Å². The predicted molar refractivity (Wildman–Crippen MR) is 63.8 cm³/mol. The zero-order chi connectivity index (χ0) is 12.7. The monoisotopic (exact) mass is 253 g/mol. The quantitative estimate of drug-likeness (QED) is 0.745. The van der Waals surface area contributed by atoms with Gasteiger partial charge in [0.1, 0.15) is 6.61 Å². The van der Waals surface area contributed by atoms with Gasteiger partial charge in [0.15, 0.2) is 0 Å². The second-order valence-corrected chi connectivity index (χ2v) is 5.45. The van der Waals surface area contributed by atoms with Crippen molar-refractivity contribution in [3.63, 3.8) is 0 Å². The molecule has 2 atom stereocenters. The standard InChI is InChI=1S/C12H19N3O3/c13-8-5-9-1-2-10(6-8)15(9)7-11(16)14-3-4-18-12(14)17/h8-10H,1-7,13H2. The van der Waals surface area contributed by atoms with Crippen LogP contribution in [0.4, 0.5) is 4.79 Å². The number of carbonyl (C=O) groups excluding carboxylic acids is 2. The first-order chi connectivity index (χ1) is 8.65. The van der Waals surface area contributed by atoms with E-state index in [0.29, 0.717) is 31.8 Å². The maximum absolute atomic E-state index is 12.1. The molecule has 0 saturated carbocycles. The Morgan fingerprint density at radius 1 is 1.33 bits per heavy atom. The van der Waals surface area contributed by atoms with Gasteiger partial charge in [-0.3, -0.25) is 9.69 Å². The number of imide groups is 1. The Kier molecular flexibility index (Phi) is 2.99. The average molecular weight is 253 g/mol. The van der Waals surface area contributed by atoms with Crippen molar-refractivity contribution >= 4 is 12.0 Å². The smallest absolute Gasteiger partial charge is 0.416 e. The van der Waals surface area contributed by atoms with E-state index in [1.165, 1.54) is 4.90 Å². The van der Waals surface area contributed by atoms with Gasteiger partial charge in [0.2, 0.25) is 5.91 Å². The van der Waals surface area contributed by atoms with Gasteiger partial charge in [0.25, 0.3) is 0 Å². The molecule has 6 nitrogen and oxygen atoms in total. The summed E-state index contributed by atoms with van der Waals surface area (Å²) in [6, 6.07) is 1.10. The molecule has 0 aromatic heterocycles. The van der Waals surface area contributed by atoms with Crippen LogP contribution in [0, 0.1) is 0 Å². The van der Waals surface area contributed by atoms with Gasteiger partial charge in [-0.1, -0.05) is 0 Å². The second kappa shape index (κ2) is 4.51. The van der Waals surface area contributed by atoms with Crippen molar-refractivity contribution in [1.29, 1.82) is 0 Å². The van der Waals surface area contributed by atoms with E-state index in [4.69, 9.17) is 10.5 Å². The lowest BCUT2D eigenvalue weighted by Gasteiger charge is -2.37. The first-order valence-corrected chi connectivity index (χ1v) is 6.63. The number of hydrogen-bond donors (Lipinski definition) is 1. The summed E-state index contributed by atoms with van der Waals surface area (Å²) < 4.78 is 4.79. The molecule has 0 aromatic rings. The first kappa shape index (κ1) is 11.9. The van der Waals surface area contributed by atoms with Crippen molar-refractivity contribution in [2.75, 3.05) is 19.7 Å². The number of nitrogens with two attached hydrogens (primary N) is 1. The van der Waals surface area contributed by atoms with Crippen LogP contribution in [0.2, 0.25) is 0 Å². The van der Waals surface area contributed by atoms with Crippen molar-refractivity contribution in [3.05, 3.63) is 0 Å². The van der Waals surface area contributed by atoms with Crippen LogP contribution >= 0.6 is 0 Å². The highest BCUT2D eigenvalue weighted by molar-refractivity contribution is 5.94. The summed E-state index contributed by atoms with van der Waals surface area (Å²) in [7, 11) is 0. The number of fused-ring (bicyclic) bond motifs is 2. The fourth-order valence-electron chi connectivity index (χ4n) is 3.44. The molecule has 0 aliphatic carbocycles. The van der Waals surface area contributed by atoms with Crippen LogP contribution in [0.25, 0.3) is 0 Å². The van der Waals surface area contributed by atoms with Gasteiger partial charge >= 0.3 is 6.09 Å². The van der Waals surface area contributed by atoms with Crippen molar-refractivity contribution < 1.29 is 14.3 Å². The fraction of sp³-hybridized carbons (Fsp3) is 0.833. The van der Waals surface area contributed by atoms with E-state index >= 15 is 0 Å². The molecule has 3 heterocycles. The minimum atomic E-state index is -0.499. The molecule has 3 aliphatic heterocycles. The molecule has 3 saturated heterocycles. The van der Waals surface area contributed by atoms with E-state index in [1.54, 1.807) is 0 Å². The number of cyclic esters (lactones) is 1. The Bertz CT molecular complexity index is 360. The maximum atomic E-state index is 12.1. The molecule has 6 heteroatoms. The molecule has 100 valence electrons. The van der Waals surface area contributed by atoms with Crippen molar-refractivity contribution in [1.82, 2.24) is 9.80 Å². The van der Waals surface area contributed by atoms with Gasteiger partial charge < -0.3 is 10.5 Å². The number of amides is 2. The van der Waals surface area contributed by atoms with E-state index in [-0.39, 0.29) is 11.9 Å². The van der Waals surface area contributed by atoms with E-state index in [0.717, 1.165) is 25.7 Å². The second-order valence-electron chi connectivity index (χ2n) is 5.45. The molecule has 2 amide bonds. The molecule has 3 aliphatic rings. The minimum Gasteiger partial charge on any atom is -0.447 e. The molecular weight excluding hydrogens is 234 g/mol. The number of nitrogens with zero attached hydrogens (tertiary/aromatic N) is 2. The molecule has 3 rings (SSSR count). The average Bonchev–Trinajstić information content (AvgIpc) is 2.83. The van der Waals surface area contributed by atoms with Crippen LogP contribution in [0.15, 0.2) is 0 Å². The van der Waals surface area contributed by atoms with Crippen LogP contribution in [-0.4, -0.2) is 59.6 Å². The van der Waals surface area contributed by atoms with Gasteiger partial charge in [-0.05, 0) is 25.7 Å². The molecule has 2 bridgehead atoms. The number of carbonyl (C=O) groups is 2. The van der Waals surface area contributed by atoms with Gasteiger partial charge in [-0.25, -0.2) is 9.69 Å². The topological polar surface area (TPSA) is 75.9 Å². The molecule has 0 aromatic carbocycles. The highest BCUT2D eigenvalue weighted by Gasteiger charge is 2.41. The van der Waals surface area contributed by atoms with E-state index in [1.807, 2.05) is 0 Å². The summed E-state index contributed by atoms with van der Waals surface area (Å²) in [5.41, 5.74) is 6.00. The van der Waals surface area contributed by atoms with E-state index < -0.39 is 6.09 Å². The van der Waals surface area contributed by atoms with Crippen LogP contribution in [0.3, 0.4) is 0 Å². The Morgan fingerprint density at radius 2 is 2.00 bits per heavy atom. The van der Waals surface area contributed by atoms with Crippen LogP contribution in [0.1, 0.15) is 25.7 Å². The summed E-state index contributed by atoms with van der Waals surface area (Å²) in [6.45, 7) is 1.04. The summed E-state index contributed by atoms with van der Waals surface area (Å²) in [5, 5.41) is 0. The fourth-order valence-corrected chi connectivity index (χ4v) is 3.44. The minimum absolute atomic E-state index is 0.134. The third-order valence-electron chi connectivity index (χ3n) is 4.30. The van der Waals surface area contributed by atoms with E-state index in [9.17, 15) is 9.59 Å². The Balaban J connectivity index is 1.63. The van der Waals surface area contributed by atoms with Crippen molar-refractivity contribution in [2.24, 2.45) is 5.73 Å². The summed E-state index contributed by atoms with van der Waals surface area (Å²) in [4.78, 5) is 26.9. The van der Waals surface area contributed by atoms with Gasteiger partial charge in [-0.2, -0.15) is 0 Å². The third kappa shape index (κ3) is 1.99. The molecular formula is C12H19N3O3. The van der Waals surface area contributed by atoms with Crippen molar-refractivity contribution in [3.8, 4) is 0 Å². The third-order valence-corrected chi connectivity index (χ3v) is 4.30. The lowest BCUT2D eigenvalue weighted by Crippen LogP contribution is -2.51. The lowest BCUT2D eigenvalue weighted by molar-refractivity contribution is -0.130. The molecule has 0 radical (unpaired) electrons. The van der Waals surface area contributed by atoms with E-state index in [2.05, 4.69) is 4.90 Å². The molecule has 2 unspecified atom stereocenters. The van der Waals surface area contributed by atoms with Gasteiger partial charge in [-0.15, -0.1) is 0 Å². The van der Waals surface area contributed by atoms with Gasteiger partial charge in [0.05, 0.1) is 13.1 Å². The highest BCUT2D eigenvalue weighted by atomic mass is 16.6. The van der Waals surface area contributed by atoms with Gasteiger partial charge in [0, 0.05) is 18.1 Å². The highest BCUT2D eigenvalue weighted by Crippen LogP contribution is 2.34. The predicted octanol–water partition coefficient (Wildman–Crippen LogP) is -0.0807. The Morgan fingerprint density at radius 3 is 2.56 bits per heavy atom. The van der Waals surface area contributed by atoms with Crippen LogP contribution in [-0.2, 0) is 9.53 Å². The molecule has 18 heavy (non-hydrogen) atoms. The maximum Gasteiger partial charge on any atom is 0.416 e. The molecule has 0 spiro atoms. The summed E-state index contributed by atoms with van der Waals surface area (Å²) in [6.07, 6.45) is 3.68. The largest absolute Gasteiger partial charge is 0.447 e.